The predicted molar refractivity (Wildman–Crippen MR) is 75.7 cm³/mol. The Labute approximate surface area is 119 Å². The Morgan fingerprint density at radius 1 is 1.35 bits per heavy atom. The van der Waals surface area contributed by atoms with Crippen molar-refractivity contribution in [3.05, 3.63) is 46.2 Å². The molecule has 3 aromatic rings. The first-order valence-electron chi connectivity index (χ1n) is 6.05. The molecule has 1 aromatic carbocycles. The van der Waals surface area contributed by atoms with Crippen molar-refractivity contribution < 1.29 is 4.74 Å². The number of benzene rings is 1. The van der Waals surface area contributed by atoms with Gasteiger partial charge in [-0.05, 0) is 19.1 Å². The molecule has 3 rings (SSSR count). The number of ether oxygens (including phenoxy) is 1. The highest BCUT2D eigenvalue weighted by molar-refractivity contribution is 6.33. The molecule has 0 spiro atoms. The van der Waals surface area contributed by atoms with E-state index in [0.29, 0.717) is 29.2 Å². The van der Waals surface area contributed by atoms with Crippen LogP contribution < -0.4 is 10.4 Å². The molecule has 0 unspecified atom stereocenters. The molecular formula is C13H11ClN4O2. The van der Waals surface area contributed by atoms with E-state index in [-0.39, 0.29) is 10.8 Å². The molecule has 2 aromatic heterocycles. The standard InChI is InChI=1S/C13H11ClN4O2/c1-2-20-9-6-4-3-5-8(9)18-10-11(14)15-7-16-12(10)17-13(18)19/h3-7H,2H2,1H3,(H,15,16,17,19). The highest BCUT2D eigenvalue weighted by Crippen LogP contribution is 2.26. The van der Waals surface area contributed by atoms with Crippen LogP contribution in [0.4, 0.5) is 0 Å². The quantitative estimate of drug-likeness (QED) is 0.750. The first-order valence-corrected chi connectivity index (χ1v) is 6.43. The van der Waals surface area contributed by atoms with Crippen molar-refractivity contribution in [3.8, 4) is 11.4 Å². The number of nitrogens with one attached hydrogen (secondary N) is 1. The summed E-state index contributed by atoms with van der Waals surface area (Å²) in [6.07, 6.45) is 1.30. The second-order valence-corrected chi connectivity index (χ2v) is 4.39. The van der Waals surface area contributed by atoms with E-state index in [1.165, 1.54) is 10.9 Å². The maximum Gasteiger partial charge on any atom is 0.332 e. The SMILES string of the molecule is CCOc1ccccc1-n1c(=O)[nH]c2ncnc(Cl)c21. The molecule has 2 heterocycles. The minimum atomic E-state index is -0.338. The third-order valence-corrected chi connectivity index (χ3v) is 3.11. The number of H-pyrrole nitrogens is 1. The van der Waals surface area contributed by atoms with Crippen LogP contribution in [0.5, 0.6) is 5.75 Å². The van der Waals surface area contributed by atoms with Gasteiger partial charge in [0.05, 0.1) is 12.3 Å². The van der Waals surface area contributed by atoms with Crippen molar-refractivity contribution in [2.45, 2.75) is 6.92 Å². The highest BCUT2D eigenvalue weighted by atomic mass is 35.5. The zero-order valence-electron chi connectivity index (χ0n) is 10.6. The van der Waals surface area contributed by atoms with Crippen LogP contribution in [0.1, 0.15) is 6.92 Å². The van der Waals surface area contributed by atoms with Gasteiger partial charge in [0.25, 0.3) is 0 Å². The fraction of sp³-hybridized carbons (Fsp3) is 0.154. The van der Waals surface area contributed by atoms with Crippen LogP contribution in [-0.2, 0) is 0 Å². The van der Waals surface area contributed by atoms with E-state index in [4.69, 9.17) is 16.3 Å². The van der Waals surface area contributed by atoms with Gasteiger partial charge in [0.2, 0.25) is 0 Å². The van der Waals surface area contributed by atoms with E-state index in [2.05, 4.69) is 15.0 Å². The second-order valence-electron chi connectivity index (χ2n) is 4.03. The van der Waals surface area contributed by atoms with Gasteiger partial charge in [-0.25, -0.2) is 14.8 Å². The summed E-state index contributed by atoms with van der Waals surface area (Å²) in [5.74, 6) is 0.595. The molecule has 1 N–H and O–H groups in total. The Hall–Kier alpha value is -2.34. The van der Waals surface area contributed by atoms with Gasteiger partial charge in [-0.3, -0.25) is 9.55 Å². The number of hydrogen-bond acceptors (Lipinski definition) is 4. The molecule has 20 heavy (non-hydrogen) atoms. The molecule has 0 atom stereocenters. The van der Waals surface area contributed by atoms with Crippen molar-refractivity contribution >= 4 is 22.8 Å². The largest absolute Gasteiger partial charge is 0.492 e. The van der Waals surface area contributed by atoms with Gasteiger partial charge in [-0.2, -0.15) is 0 Å². The Morgan fingerprint density at radius 3 is 2.95 bits per heavy atom. The lowest BCUT2D eigenvalue weighted by Crippen LogP contribution is -2.15. The zero-order valence-corrected chi connectivity index (χ0v) is 11.4. The molecule has 0 radical (unpaired) electrons. The number of aromatic amines is 1. The highest BCUT2D eigenvalue weighted by Gasteiger charge is 2.16. The molecule has 0 saturated heterocycles. The second kappa shape index (κ2) is 4.97. The summed E-state index contributed by atoms with van der Waals surface area (Å²) in [5, 5.41) is 0.208. The van der Waals surface area contributed by atoms with Crippen LogP contribution >= 0.6 is 11.6 Å². The van der Waals surface area contributed by atoms with E-state index >= 15 is 0 Å². The van der Waals surface area contributed by atoms with Crippen LogP contribution in [0, 0.1) is 0 Å². The summed E-state index contributed by atoms with van der Waals surface area (Å²) < 4.78 is 6.97. The summed E-state index contributed by atoms with van der Waals surface area (Å²) in [4.78, 5) is 22.8. The number of nitrogens with zero attached hydrogens (tertiary/aromatic N) is 3. The van der Waals surface area contributed by atoms with Crippen molar-refractivity contribution in [2.75, 3.05) is 6.61 Å². The maximum atomic E-state index is 12.2. The van der Waals surface area contributed by atoms with Crippen LogP contribution in [0.25, 0.3) is 16.9 Å². The van der Waals surface area contributed by atoms with Gasteiger partial charge in [0.1, 0.15) is 17.6 Å². The topological polar surface area (TPSA) is 72.8 Å². The van der Waals surface area contributed by atoms with Gasteiger partial charge >= 0.3 is 5.69 Å². The molecule has 0 aliphatic heterocycles. The number of halogens is 1. The smallest absolute Gasteiger partial charge is 0.332 e. The zero-order chi connectivity index (χ0) is 14.1. The first-order chi connectivity index (χ1) is 9.72. The van der Waals surface area contributed by atoms with Crippen molar-refractivity contribution in [1.29, 1.82) is 0 Å². The van der Waals surface area contributed by atoms with Crippen molar-refractivity contribution in [1.82, 2.24) is 19.5 Å². The van der Waals surface area contributed by atoms with Gasteiger partial charge in [0.15, 0.2) is 10.8 Å². The third-order valence-electron chi connectivity index (χ3n) is 2.84. The normalized spacial score (nSPS) is 10.9. The molecule has 0 aliphatic carbocycles. The Kier molecular flexibility index (Phi) is 3.15. The fourth-order valence-corrected chi connectivity index (χ4v) is 2.27. The number of imidazole rings is 1. The lowest BCUT2D eigenvalue weighted by atomic mass is 10.3. The summed E-state index contributed by atoms with van der Waals surface area (Å²) >= 11 is 6.08. The lowest BCUT2D eigenvalue weighted by Gasteiger charge is -2.10. The lowest BCUT2D eigenvalue weighted by molar-refractivity contribution is 0.339. The number of hydrogen-bond donors (Lipinski definition) is 1. The van der Waals surface area contributed by atoms with Crippen molar-refractivity contribution in [3.63, 3.8) is 0 Å². The average Bonchev–Trinajstić information content (AvgIpc) is 2.77. The number of para-hydroxylation sites is 2. The monoisotopic (exact) mass is 290 g/mol. The van der Waals surface area contributed by atoms with E-state index < -0.39 is 0 Å². The van der Waals surface area contributed by atoms with E-state index in [1.807, 2.05) is 19.1 Å². The maximum absolute atomic E-state index is 12.2. The number of rotatable bonds is 3. The minimum absolute atomic E-state index is 0.208. The van der Waals surface area contributed by atoms with Crippen LogP contribution in [-0.4, -0.2) is 26.1 Å². The summed E-state index contributed by atoms with van der Waals surface area (Å²) in [7, 11) is 0. The number of aromatic nitrogens is 4. The summed E-state index contributed by atoms with van der Waals surface area (Å²) in [6.45, 7) is 2.38. The molecule has 0 bridgehead atoms. The van der Waals surface area contributed by atoms with Crippen LogP contribution in [0.2, 0.25) is 5.15 Å². The van der Waals surface area contributed by atoms with E-state index in [0.717, 1.165) is 0 Å². The average molecular weight is 291 g/mol. The Bertz CT molecular complexity index is 825. The van der Waals surface area contributed by atoms with Gasteiger partial charge in [0, 0.05) is 0 Å². The summed E-state index contributed by atoms with van der Waals surface area (Å²) in [6, 6.07) is 7.23. The van der Waals surface area contributed by atoms with E-state index in [9.17, 15) is 4.79 Å². The molecule has 0 saturated carbocycles. The molecular weight excluding hydrogens is 280 g/mol. The Morgan fingerprint density at radius 2 is 2.15 bits per heavy atom. The molecule has 0 aliphatic rings. The molecule has 7 heteroatoms. The molecule has 6 nitrogen and oxygen atoms in total. The van der Waals surface area contributed by atoms with Gasteiger partial charge in [-0.15, -0.1) is 0 Å². The van der Waals surface area contributed by atoms with E-state index in [1.54, 1.807) is 12.1 Å². The van der Waals surface area contributed by atoms with Gasteiger partial charge < -0.3 is 4.74 Å². The predicted octanol–water partition coefficient (Wildman–Crippen LogP) is 2.16. The Balaban J connectivity index is 2.35. The molecule has 102 valence electrons. The third kappa shape index (κ3) is 1.94. The molecule has 0 amide bonds. The molecule has 0 fully saturated rings. The van der Waals surface area contributed by atoms with Crippen molar-refractivity contribution in [2.24, 2.45) is 0 Å². The number of fused-ring (bicyclic) bond motifs is 1. The fourth-order valence-electron chi connectivity index (χ4n) is 2.05. The van der Waals surface area contributed by atoms with Crippen LogP contribution in [0.3, 0.4) is 0 Å². The van der Waals surface area contributed by atoms with Gasteiger partial charge in [-0.1, -0.05) is 23.7 Å². The summed E-state index contributed by atoms with van der Waals surface area (Å²) in [5.41, 5.74) is 1.09. The first kappa shape index (κ1) is 12.7. The minimum Gasteiger partial charge on any atom is -0.492 e. The van der Waals surface area contributed by atoms with Crippen LogP contribution in [0.15, 0.2) is 35.4 Å².